The molecule has 5 heteroatoms. The van der Waals surface area contributed by atoms with Crippen molar-refractivity contribution in [2.24, 2.45) is 11.3 Å². The third-order valence-electron chi connectivity index (χ3n) is 4.09. The van der Waals surface area contributed by atoms with E-state index in [1.807, 2.05) is 0 Å². The lowest BCUT2D eigenvalue weighted by molar-refractivity contribution is -0.162. The van der Waals surface area contributed by atoms with Crippen LogP contribution in [-0.4, -0.2) is 36.9 Å². The summed E-state index contributed by atoms with van der Waals surface area (Å²) < 4.78 is 10.3. The Hall–Kier alpha value is -1.23. The Morgan fingerprint density at radius 1 is 1.44 bits per heavy atom. The first-order chi connectivity index (χ1) is 7.62. The molecular formula is C11H12O5. The monoisotopic (exact) mass is 224 g/mol. The molecule has 0 spiro atoms. The predicted octanol–water partition coefficient (Wildman–Crippen LogP) is -0.135. The molecule has 86 valence electrons. The van der Waals surface area contributed by atoms with Gasteiger partial charge >= 0.3 is 5.97 Å². The minimum atomic E-state index is -1.31. The van der Waals surface area contributed by atoms with Crippen LogP contribution in [0.15, 0.2) is 0 Å². The van der Waals surface area contributed by atoms with E-state index in [1.54, 1.807) is 0 Å². The molecule has 2 aliphatic heterocycles. The molecule has 2 heterocycles. The zero-order valence-electron chi connectivity index (χ0n) is 8.89. The first-order valence-corrected chi connectivity index (χ1v) is 5.42. The molecule has 0 unspecified atom stereocenters. The predicted molar refractivity (Wildman–Crippen MR) is 50.5 cm³/mol. The fourth-order valence-electron chi connectivity index (χ4n) is 3.51. The summed E-state index contributed by atoms with van der Waals surface area (Å²) in [5.74, 6) is -1.67. The lowest BCUT2D eigenvalue weighted by Gasteiger charge is -2.30. The molecule has 3 aliphatic rings. The van der Waals surface area contributed by atoms with Gasteiger partial charge in [0.25, 0.3) is 0 Å². The molecule has 0 aromatic rings. The topological polar surface area (TPSA) is 69.7 Å². The van der Waals surface area contributed by atoms with E-state index in [9.17, 15) is 14.4 Å². The number of hydrogen-bond acceptors (Lipinski definition) is 5. The number of Topliss-reactive ketones (excluding diaryl/α,β-unsaturated/α-hetero) is 2. The summed E-state index contributed by atoms with van der Waals surface area (Å²) in [5.41, 5.74) is -1.31. The number of ether oxygens (including phenoxy) is 2. The second-order valence-corrected chi connectivity index (χ2v) is 4.65. The fourth-order valence-corrected chi connectivity index (χ4v) is 3.51. The fraction of sp³-hybridized carbons (Fsp3) is 0.727. The van der Waals surface area contributed by atoms with E-state index in [0.717, 1.165) is 6.42 Å². The molecule has 16 heavy (non-hydrogen) atoms. The summed E-state index contributed by atoms with van der Waals surface area (Å²) in [6, 6.07) is 0. The maximum atomic E-state index is 12.0. The molecule has 0 aromatic carbocycles. The average Bonchev–Trinajstić information content (AvgIpc) is 2.90. The first kappa shape index (κ1) is 9.96. The summed E-state index contributed by atoms with van der Waals surface area (Å²) in [7, 11) is 1.25. The molecule has 1 saturated carbocycles. The number of carbonyl (C=O) groups is 3. The average molecular weight is 224 g/mol. The van der Waals surface area contributed by atoms with E-state index in [1.165, 1.54) is 7.11 Å². The van der Waals surface area contributed by atoms with Crippen LogP contribution in [0.4, 0.5) is 0 Å². The molecule has 0 amide bonds. The van der Waals surface area contributed by atoms with Gasteiger partial charge in [0, 0.05) is 0 Å². The Kier molecular flexibility index (Phi) is 1.81. The molecule has 1 aliphatic carbocycles. The molecule has 4 atom stereocenters. The van der Waals surface area contributed by atoms with Crippen molar-refractivity contribution in [1.29, 1.82) is 0 Å². The van der Waals surface area contributed by atoms with Crippen molar-refractivity contribution in [3.63, 3.8) is 0 Å². The van der Waals surface area contributed by atoms with Crippen LogP contribution < -0.4 is 0 Å². The molecule has 2 saturated heterocycles. The van der Waals surface area contributed by atoms with Gasteiger partial charge in [0.2, 0.25) is 0 Å². The van der Waals surface area contributed by atoms with Gasteiger partial charge in [0.15, 0.2) is 11.2 Å². The Bertz CT molecular complexity index is 401. The molecule has 0 radical (unpaired) electrons. The van der Waals surface area contributed by atoms with Crippen molar-refractivity contribution >= 4 is 17.5 Å². The van der Waals surface area contributed by atoms with Crippen LogP contribution in [0.3, 0.4) is 0 Å². The third kappa shape index (κ3) is 0.844. The normalized spacial score (nSPS) is 44.9. The number of methoxy groups -OCH3 is 1. The smallest absolute Gasteiger partial charge is 0.322 e. The van der Waals surface area contributed by atoms with E-state index in [0.29, 0.717) is 6.42 Å². The van der Waals surface area contributed by atoms with Crippen LogP contribution in [-0.2, 0) is 23.9 Å². The second-order valence-electron chi connectivity index (χ2n) is 4.65. The van der Waals surface area contributed by atoms with E-state index in [4.69, 9.17) is 9.47 Å². The highest BCUT2D eigenvalue weighted by Gasteiger charge is 2.73. The van der Waals surface area contributed by atoms with Gasteiger partial charge in [-0.2, -0.15) is 0 Å². The van der Waals surface area contributed by atoms with E-state index < -0.39 is 23.4 Å². The summed E-state index contributed by atoms with van der Waals surface area (Å²) in [6.07, 6.45) is 0.565. The third-order valence-corrected chi connectivity index (χ3v) is 4.09. The highest BCUT2D eigenvalue weighted by molar-refractivity contribution is 6.21. The minimum absolute atomic E-state index is 0.143. The quantitative estimate of drug-likeness (QED) is 0.458. The highest BCUT2D eigenvalue weighted by atomic mass is 16.5. The minimum Gasteiger partial charge on any atom is -0.468 e. The van der Waals surface area contributed by atoms with Crippen molar-refractivity contribution in [1.82, 2.24) is 0 Å². The van der Waals surface area contributed by atoms with Crippen LogP contribution >= 0.6 is 0 Å². The number of rotatable bonds is 1. The Balaban J connectivity index is 2.14. The highest BCUT2D eigenvalue weighted by Crippen LogP contribution is 2.57. The molecule has 3 rings (SSSR count). The summed E-state index contributed by atoms with van der Waals surface area (Å²) in [5, 5.41) is 0. The SMILES string of the molecule is COC(=O)[C@]12C(=O)CC(=O)[C@H]1[C@@H]1CC[C@H]2O1. The van der Waals surface area contributed by atoms with Gasteiger partial charge < -0.3 is 9.47 Å². The number of carbonyl (C=O) groups excluding carboxylic acids is 3. The molecule has 0 aromatic heterocycles. The van der Waals surface area contributed by atoms with E-state index in [-0.39, 0.29) is 24.1 Å². The molecule has 5 nitrogen and oxygen atoms in total. The van der Waals surface area contributed by atoms with Crippen LogP contribution in [0, 0.1) is 11.3 Å². The number of hydrogen-bond donors (Lipinski definition) is 0. The zero-order valence-corrected chi connectivity index (χ0v) is 8.89. The second kappa shape index (κ2) is 2.91. The Labute approximate surface area is 92.1 Å². The van der Waals surface area contributed by atoms with Crippen LogP contribution in [0.25, 0.3) is 0 Å². The lowest BCUT2D eigenvalue weighted by atomic mass is 9.67. The van der Waals surface area contributed by atoms with Crippen molar-refractivity contribution in [3.8, 4) is 0 Å². The van der Waals surface area contributed by atoms with Crippen LogP contribution in [0.2, 0.25) is 0 Å². The van der Waals surface area contributed by atoms with Gasteiger partial charge in [0.05, 0.1) is 31.7 Å². The van der Waals surface area contributed by atoms with Crippen molar-refractivity contribution in [3.05, 3.63) is 0 Å². The van der Waals surface area contributed by atoms with Crippen molar-refractivity contribution in [2.75, 3.05) is 7.11 Å². The molecule has 0 N–H and O–H groups in total. The summed E-state index contributed by atoms with van der Waals surface area (Å²) in [4.78, 5) is 35.6. The van der Waals surface area contributed by atoms with Gasteiger partial charge in [-0.05, 0) is 12.8 Å². The Morgan fingerprint density at radius 3 is 2.88 bits per heavy atom. The summed E-state index contributed by atoms with van der Waals surface area (Å²) in [6.45, 7) is 0. The van der Waals surface area contributed by atoms with E-state index in [2.05, 4.69) is 0 Å². The standard InChI is InChI=1S/C11H12O5/c1-15-10(14)11-7(13)4-5(12)9(11)6-2-3-8(11)16-6/h6,8-9H,2-4H2,1H3/t6-,8+,9-,11-/m0/s1. The van der Waals surface area contributed by atoms with Crippen molar-refractivity contribution < 1.29 is 23.9 Å². The summed E-state index contributed by atoms with van der Waals surface area (Å²) >= 11 is 0. The maximum absolute atomic E-state index is 12.0. The number of fused-ring (bicyclic) bond motifs is 5. The van der Waals surface area contributed by atoms with Gasteiger partial charge in [-0.25, -0.2) is 0 Å². The van der Waals surface area contributed by atoms with Gasteiger partial charge in [-0.3, -0.25) is 14.4 Å². The maximum Gasteiger partial charge on any atom is 0.322 e. The zero-order chi connectivity index (χ0) is 11.5. The van der Waals surface area contributed by atoms with Gasteiger partial charge in [-0.1, -0.05) is 0 Å². The Morgan fingerprint density at radius 2 is 2.19 bits per heavy atom. The van der Waals surface area contributed by atoms with Crippen molar-refractivity contribution in [2.45, 2.75) is 31.5 Å². The van der Waals surface area contributed by atoms with Gasteiger partial charge in [0.1, 0.15) is 5.78 Å². The largest absolute Gasteiger partial charge is 0.468 e. The molecule has 2 bridgehead atoms. The number of esters is 1. The van der Waals surface area contributed by atoms with Crippen LogP contribution in [0.1, 0.15) is 19.3 Å². The van der Waals surface area contributed by atoms with E-state index >= 15 is 0 Å². The molecular weight excluding hydrogens is 212 g/mol. The van der Waals surface area contributed by atoms with Crippen LogP contribution in [0.5, 0.6) is 0 Å². The number of ketones is 2. The first-order valence-electron chi connectivity index (χ1n) is 5.42. The van der Waals surface area contributed by atoms with Gasteiger partial charge in [-0.15, -0.1) is 0 Å². The lowest BCUT2D eigenvalue weighted by Crippen LogP contribution is -2.50. The molecule has 3 fully saturated rings.